The van der Waals surface area contributed by atoms with E-state index in [0.717, 1.165) is 37.9 Å². The number of hydrogen-bond donors (Lipinski definition) is 0. The molecule has 1 aliphatic heterocycles. The Kier molecular flexibility index (Phi) is 4.67. The van der Waals surface area contributed by atoms with Gasteiger partial charge in [0.1, 0.15) is 0 Å². The Balaban J connectivity index is 1.62. The fourth-order valence-corrected chi connectivity index (χ4v) is 6.54. The molecule has 1 atom stereocenters. The number of aryl methyl sites for hydroxylation is 1. The lowest BCUT2D eigenvalue weighted by Crippen LogP contribution is -2.38. The Morgan fingerprint density at radius 3 is 2.68 bits per heavy atom. The van der Waals surface area contributed by atoms with Gasteiger partial charge in [0.25, 0.3) is 5.56 Å². The van der Waals surface area contributed by atoms with Crippen molar-refractivity contribution in [3.63, 3.8) is 0 Å². The summed E-state index contributed by atoms with van der Waals surface area (Å²) in [7, 11) is 0. The van der Waals surface area contributed by atoms with Gasteiger partial charge in [0.2, 0.25) is 0 Å². The zero-order chi connectivity index (χ0) is 20.9. The van der Waals surface area contributed by atoms with E-state index in [0.29, 0.717) is 0 Å². The smallest absolute Gasteiger partial charge is 0.271 e. The number of benzene rings is 2. The van der Waals surface area contributed by atoms with Crippen molar-refractivity contribution < 1.29 is 0 Å². The van der Waals surface area contributed by atoms with Gasteiger partial charge >= 0.3 is 0 Å². The second-order valence-electron chi connectivity index (χ2n) is 7.68. The monoisotopic (exact) mass is 504 g/mol. The van der Waals surface area contributed by atoms with Gasteiger partial charge in [-0.25, -0.2) is 4.99 Å². The highest BCUT2D eigenvalue weighted by atomic mass is 79.9. The summed E-state index contributed by atoms with van der Waals surface area (Å²) in [6.45, 7) is 0. The van der Waals surface area contributed by atoms with Crippen LogP contribution >= 0.6 is 38.6 Å². The van der Waals surface area contributed by atoms with E-state index >= 15 is 0 Å². The van der Waals surface area contributed by atoms with E-state index < -0.39 is 0 Å². The molecule has 1 unspecified atom stereocenters. The van der Waals surface area contributed by atoms with Crippen LogP contribution in [0.5, 0.6) is 0 Å². The zero-order valence-corrected chi connectivity index (χ0v) is 19.6. The number of fused-ring (bicyclic) bond motifs is 3. The lowest BCUT2D eigenvalue weighted by molar-refractivity contribution is 0.593. The molecule has 31 heavy (non-hydrogen) atoms. The molecule has 0 amide bonds. The summed E-state index contributed by atoms with van der Waals surface area (Å²) < 4.78 is 3.65. The fourth-order valence-electron chi connectivity index (χ4n) is 4.43. The molecule has 1 aliphatic carbocycles. The molecule has 6 rings (SSSR count). The second-order valence-corrected chi connectivity index (χ2v) is 10.6. The summed E-state index contributed by atoms with van der Waals surface area (Å²) in [5, 5.41) is 2.09. The molecular weight excluding hydrogens is 488 g/mol. The molecule has 0 saturated heterocycles. The lowest BCUT2D eigenvalue weighted by atomic mass is 9.85. The fraction of sp³-hybridized carbons (Fsp3) is 0.120. The standard InChI is InChI=1S/C25H17BrN2OS2/c26-17-10-7-15(8-11-17)14-21-24(29)28-23(20-6-3-13-30-20)19-12-9-16-4-1-2-5-18(16)22(19)27-25(28)31-21/h1-8,10-11,13-14,23H,9,12H2/b21-14-. The molecule has 0 saturated carbocycles. The van der Waals surface area contributed by atoms with Gasteiger partial charge in [0.05, 0.1) is 16.3 Å². The van der Waals surface area contributed by atoms with Gasteiger partial charge in [0.15, 0.2) is 4.80 Å². The summed E-state index contributed by atoms with van der Waals surface area (Å²) in [6.07, 6.45) is 3.88. The van der Waals surface area contributed by atoms with Gasteiger partial charge in [-0.1, -0.05) is 69.7 Å². The molecule has 2 aromatic heterocycles. The number of thiazole rings is 1. The quantitative estimate of drug-likeness (QED) is 0.372. The molecule has 4 aromatic rings. The molecular formula is C25H17BrN2OS2. The van der Waals surface area contributed by atoms with Crippen molar-refractivity contribution >= 4 is 50.4 Å². The molecule has 6 heteroatoms. The third kappa shape index (κ3) is 3.21. The molecule has 0 N–H and O–H groups in total. The predicted molar refractivity (Wildman–Crippen MR) is 131 cm³/mol. The SMILES string of the molecule is O=c1/c(=C/c2ccc(Br)cc2)sc2n1C(c1cccs1)C1=C(N=2)c2ccccc2CC1. The predicted octanol–water partition coefficient (Wildman–Crippen LogP) is 5.14. The van der Waals surface area contributed by atoms with Crippen LogP contribution in [-0.4, -0.2) is 4.57 Å². The van der Waals surface area contributed by atoms with Crippen molar-refractivity contribution in [2.24, 2.45) is 4.99 Å². The van der Waals surface area contributed by atoms with Gasteiger partial charge in [-0.2, -0.15) is 0 Å². The van der Waals surface area contributed by atoms with Crippen LogP contribution in [0.3, 0.4) is 0 Å². The highest BCUT2D eigenvalue weighted by Gasteiger charge is 2.32. The Bertz CT molecular complexity index is 1510. The van der Waals surface area contributed by atoms with Crippen LogP contribution in [0.4, 0.5) is 0 Å². The van der Waals surface area contributed by atoms with Crippen LogP contribution < -0.4 is 14.9 Å². The number of aromatic nitrogens is 1. The summed E-state index contributed by atoms with van der Waals surface area (Å²) >= 11 is 6.66. The minimum absolute atomic E-state index is 0.0375. The first-order valence-electron chi connectivity index (χ1n) is 10.1. The Morgan fingerprint density at radius 2 is 1.87 bits per heavy atom. The van der Waals surface area contributed by atoms with E-state index in [4.69, 9.17) is 4.99 Å². The van der Waals surface area contributed by atoms with Crippen LogP contribution in [0.25, 0.3) is 11.8 Å². The first-order chi connectivity index (χ1) is 15.2. The Labute approximate surface area is 195 Å². The molecule has 2 aromatic carbocycles. The molecule has 0 fully saturated rings. The molecule has 0 bridgehead atoms. The van der Waals surface area contributed by atoms with Gasteiger partial charge in [0, 0.05) is 14.9 Å². The lowest BCUT2D eigenvalue weighted by Gasteiger charge is -2.30. The van der Waals surface area contributed by atoms with Gasteiger partial charge in [-0.3, -0.25) is 9.36 Å². The molecule has 2 aliphatic rings. The summed E-state index contributed by atoms with van der Waals surface area (Å²) in [6, 6.07) is 20.7. The van der Waals surface area contributed by atoms with Gasteiger partial charge in [-0.15, -0.1) is 11.3 Å². The Hall–Kier alpha value is -2.54. The number of rotatable bonds is 2. The maximum Gasteiger partial charge on any atom is 0.271 e. The molecule has 0 radical (unpaired) electrons. The van der Waals surface area contributed by atoms with E-state index in [1.807, 2.05) is 34.9 Å². The van der Waals surface area contributed by atoms with Crippen molar-refractivity contribution in [2.45, 2.75) is 18.9 Å². The van der Waals surface area contributed by atoms with E-state index in [1.165, 1.54) is 32.9 Å². The zero-order valence-electron chi connectivity index (χ0n) is 16.4. The average molecular weight is 505 g/mol. The molecule has 152 valence electrons. The topological polar surface area (TPSA) is 34.4 Å². The average Bonchev–Trinajstić information content (AvgIpc) is 3.43. The van der Waals surface area contributed by atoms with E-state index in [1.54, 1.807) is 11.3 Å². The first kappa shape index (κ1) is 19.2. The number of hydrogen-bond acceptors (Lipinski definition) is 4. The Morgan fingerprint density at radius 1 is 1.03 bits per heavy atom. The molecule has 3 nitrogen and oxygen atoms in total. The summed E-state index contributed by atoms with van der Waals surface area (Å²) in [5.41, 5.74) is 5.89. The van der Waals surface area contributed by atoms with Crippen molar-refractivity contribution in [3.05, 3.63) is 117 Å². The molecule has 3 heterocycles. The normalized spacial score (nSPS) is 17.7. The van der Waals surface area contributed by atoms with Gasteiger partial charge < -0.3 is 0 Å². The highest BCUT2D eigenvalue weighted by Crippen LogP contribution is 2.42. The highest BCUT2D eigenvalue weighted by molar-refractivity contribution is 9.10. The minimum Gasteiger partial charge on any atom is -0.271 e. The summed E-state index contributed by atoms with van der Waals surface area (Å²) in [5.74, 6) is 0. The van der Waals surface area contributed by atoms with Gasteiger partial charge in [-0.05, 0) is 59.2 Å². The van der Waals surface area contributed by atoms with Crippen molar-refractivity contribution in [1.29, 1.82) is 0 Å². The van der Waals surface area contributed by atoms with Crippen LogP contribution in [0.1, 0.15) is 34.0 Å². The van der Waals surface area contributed by atoms with Crippen molar-refractivity contribution in [1.82, 2.24) is 4.57 Å². The van der Waals surface area contributed by atoms with E-state index in [9.17, 15) is 4.79 Å². The van der Waals surface area contributed by atoms with Crippen molar-refractivity contribution in [2.75, 3.05) is 0 Å². The maximum absolute atomic E-state index is 13.6. The van der Waals surface area contributed by atoms with Crippen LogP contribution in [0.2, 0.25) is 0 Å². The number of allylic oxidation sites excluding steroid dienone is 1. The minimum atomic E-state index is -0.0772. The molecule has 0 spiro atoms. The second kappa shape index (κ2) is 7.55. The maximum atomic E-state index is 13.6. The summed E-state index contributed by atoms with van der Waals surface area (Å²) in [4.78, 5) is 20.6. The third-order valence-electron chi connectivity index (χ3n) is 5.85. The van der Waals surface area contributed by atoms with Crippen molar-refractivity contribution in [3.8, 4) is 0 Å². The van der Waals surface area contributed by atoms with Crippen LogP contribution in [0.15, 0.2) is 85.9 Å². The van der Waals surface area contributed by atoms with E-state index in [-0.39, 0.29) is 11.6 Å². The number of nitrogens with zero attached hydrogens (tertiary/aromatic N) is 2. The largest absolute Gasteiger partial charge is 0.271 e. The number of thiophene rings is 1. The first-order valence-corrected chi connectivity index (χ1v) is 12.6. The van der Waals surface area contributed by atoms with Crippen LogP contribution in [0, 0.1) is 0 Å². The number of halogens is 1. The van der Waals surface area contributed by atoms with E-state index in [2.05, 4.69) is 57.7 Å². The third-order valence-corrected chi connectivity index (χ3v) is 8.29. The van der Waals surface area contributed by atoms with Crippen LogP contribution in [-0.2, 0) is 6.42 Å².